The highest BCUT2D eigenvalue weighted by molar-refractivity contribution is 9.10. The molecule has 0 N–H and O–H groups in total. The van der Waals surface area contributed by atoms with Gasteiger partial charge in [-0.1, -0.05) is 30.3 Å². The van der Waals surface area contributed by atoms with Gasteiger partial charge in [0.25, 0.3) is 5.91 Å². The van der Waals surface area contributed by atoms with Gasteiger partial charge >= 0.3 is 5.97 Å². The van der Waals surface area contributed by atoms with E-state index in [1.807, 2.05) is 30.3 Å². The number of hydrogen-bond donors (Lipinski definition) is 0. The van der Waals surface area contributed by atoms with Crippen LogP contribution in [0, 0.1) is 0 Å². The molecule has 1 saturated heterocycles. The van der Waals surface area contributed by atoms with Crippen molar-refractivity contribution in [2.45, 2.75) is 19.0 Å². The molecule has 0 aliphatic carbocycles. The topological polar surface area (TPSA) is 93.9 Å². The van der Waals surface area contributed by atoms with Gasteiger partial charge in [0.2, 0.25) is 0 Å². The van der Waals surface area contributed by atoms with Gasteiger partial charge in [0, 0.05) is 18.7 Å². The summed E-state index contributed by atoms with van der Waals surface area (Å²) in [5.74, 6) is -0.686. The first-order valence-electron chi connectivity index (χ1n) is 8.96. The Morgan fingerprint density at radius 1 is 1.21 bits per heavy atom. The number of furan rings is 1. The predicted octanol–water partition coefficient (Wildman–Crippen LogP) is 2.81. The zero-order valence-corrected chi connectivity index (χ0v) is 17.9. The molecule has 1 fully saturated rings. The lowest BCUT2D eigenvalue weighted by Crippen LogP contribution is -2.42. The van der Waals surface area contributed by atoms with Crippen molar-refractivity contribution in [3.05, 3.63) is 64.5 Å². The van der Waals surface area contributed by atoms with Crippen LogP contribution in [0.3, 0.4) is 0 Å². The molecule has 9 heteroatoms. The highest BCUT2D eigenvalue weighted by Gasteiger charge is 2.34. The van der Waals surface area contributed by atoms with Crippen LogP contribution in [-0.4, -0.2) is 49.3 Å². The maximum Gasteiger partial charge on any atom is 0.331 e. The molecule has 2 aromatic rings. The van der Waals surface area contributed by atoms with E-state index in [1.165, 1.54) is 17.1 Å². The van der Waals surface area contributed by atoms with Crippen molar-refractivity contribution in [1.29, 1.82) is 0 Å². The molecule has 1 atom stereocenters. The maximum absolute atomic E-state index is 12.7. The number of halogens is 1. The smallest absolute Gasteiger partial charge is 0.331 e. The summed E-state index contributed by atoms with van der Waals surface area (Å²) >= 11 is 3.16. The third kappa shape index (κ3) is 6.30. The third-order valence-electron chi connectivity index (χ3n) is 4.48. The van der Waals surface area contributed by atoms with Crippen molar-refractivity contribution < 1.29 is 27.2 Å². The second-order valence-electron chi connectivity index (χ2n) is 6.65. The van der Waals surface area contributed by atoms with Crippen molar-refractivity contribution >= 4 is 43.7 Å². The monoisotopic (exact) mass is 481 g/mol. The van der Waals surface area contributed by atoms with E-state index in [0.717, 1.165) is 5.56 Å². The predicted molar refractivity (Wildman–Crippen MR) is 110 cm³/mol. The van der Waals surface area contributed by atoms with Crippen LogP contribution in [0.25, 0.3) is 6.08 Å². The molecule has 1 aliphatic heterocycles. The summed E-state index contributed by atoms with van der Waals surface area (Å²) in [6, 6.07) is 12.2. The molecule has 1 aromatic carbocycles. The Morgan fingerprint density at radius 2 is 1.97 bits per heavy atom. The van der Waals surface area contributed by atoms with Crippen LogP contribution in [0.4, 0.5) is 0 Å². The number of ether oxygens (including phenoxy) is 1. The van der Waals surface area contributed by atoms with E-state index in [1.54, 1.807) is 12.1 Å². The number of amides is 1. The summed E-state index contributed by atoms with van der Waals surface area (Å²) in [4.78, 5) is 26.1. The summed E-state index contributed by atoms with van der Waals surface area (Å²) in [6.45, 7) is -0.206. The molecule has 0 saturated carbocycles. The average molecular weight is 482 g/mol. The largest absolute Gasteiger partial charge is 0.452 e. The molecule has 2 heterocycles. The first-order valence-corrected chi connectivity index (χ1v) is 11.6. The molecule has 1 aromatic heterocycles. The van der Waals surface area contributed by atoms with Gasteiger partial charge in [-0.15, -0.1) is 0 Å². The third-order valence-corrected chi connectivity index (χ3v) is 6.66. The summed E-state index contributed by atoms with van der Waals surface area (Å²) in [7, 11) is -3.16. The fraction of sp³-hybridized carbons (Fsp3) is 0.300. The SMILES string of the molecule is O=C(/C=C/c1ccc(Br)o1)OCC(=O)N(Cc1ccccc1)C1CCS(=O)(=O)C1. The highest BCUT2D eigenvalue weighted by Crippen LogP contribution is 2.20. The molecule has 154 valence electrons. The van der Waals surface area contributed by atoms with Crippen LogP contribution in [-0.2, 0) is 30.7 Å². The van der Waals surface area contributed by atoms with E-state index < -0.39 is 34.4 Å². The molecule has 1 aliphatic rings. The summed E-state index contributed by atoms with van der Waals surface area (Å²) < 4.78 is 34.5. The number of hydrogen-bond acceptors (Lipinski definition) is 6. The number of carbonyl (C=O) groups excluding carboxylic acids is 2. The standard InChI is InChI=1S/C20H20BrNO6S/c21-18-8-6-17(28-18)7-9-20(24)27-13-19(23)22(12-15-4-2-1-3-5-15)16-10-11-29(25,26)14-16/h1-9,16H,10-14H2/b9-7+. The minimum atomic E-state index is -3.16. The molecule has 0 spiro atoms. The molecule has 0 bridgehead atoms. The van der Waals surface area contributed by atoms with Crippen molar-refractivity contribution in [3.8, 4) is 0 Å². The maximum atomic E-state index is 12.7. The lowest BCUT2D eigenvalue weighted by atomic mass is 10.1. The Hall–Kier alpha value is -2.39. The molecule has 3 rings (SSSR count). The van der Waals surface area contributed by atoms with Crippen LogP contribution in [0.1, 0.15) is 17.7 Å². The van der Waals surface area contributed by atoms with Crippen molar-refractivity contribution in [3.63, 3.8) is 0 Å². The van der Waals surface area contributed by atoms with Crippen molar-refractivity contribution in [2.24, 2.45) is 0 Å². The fourth-order valence-electron chi connectivity index (χ4n) is 3.05. The fourth-order valence-corrected chi connectivity index (χ4v) is 5.10. The van der Waals surface area contributed by atoms with Crippen LogP contribution >= 0.6 is 15.9 Å². The van der Waals surface area contributed by atoms with E-state index in [2.05, 4.69) is 15.9 Å². The van der Waals surface area contributed by atoms with E-state index in [-0.39, 0.29) is 18.1 Å². The molecule has 0 radical (unpaired) electrons. The summed E-state index contributed by atoms with van der Waals surface area (Å²) in [6.07, 6.45) is 2.98. The highest BCUT2D eigenvalue weighted by atomic mass is 79.9. The summed E-state index contributed by atoms with van der Waals surface area (Å²) in [5, 5.41) is 0. The lowest BCUT2D eigenvalue weighted by molar-refractivity contribution is -0.149. The van der Waals surface area contributed by atoms with Gasteiger partial charge in [-0.05, 0) is 46.1 Å². The Balaban J connectivity index is 1.62. The van der Waals surface area contributed by atoms with E-state index in [9.17, 15) is 18.0 Å². The van der Waals surface area contributed by atoms with E-state index in [0.29, 0.717) is 16.9 Å². The van der Waals surface area contributed by atoms with Crippen LogP contribution in [0.5, 0.6) is 0 Å². The Morgan fingerprint density at radius 3 is 2.59 bits per heavy atom. The van der Waals surface area contributed by atoms with Gasteiger partial charge in [-0.2, -0.15) is 0 Å². The molecule has 1 amide bonds. The normalized spacial score (nSPS) is 18.0. The van der Waals surface area contributed by atoms with Crippen LogP contribution in [0.15, 0.2) is 57.6 Å². The first kappa shape index (κ1) is 21.3. The molecule has 7 nitrogen and oxygen atoms in total. The first-order chi connectivity index (χ1) is 13.8. The zero-order chi connectivity index (χ0) is 20.9. The number of sulfone groups is 1. The average Bonchev–Trinajstić information content (AvgIpc) is 3.28. The van der Waals surface area contributed by atoms with Gasteiger partial charge in [-0.3, -0.25) is 4.79 Å². The van der Waals surface area contributed by atoms with Crippen molar-refractivity contribution in [1.82, 2.24) is 4.90 Å². The second-order valence-corrected chi connectivity index (χ2v) is 9.66. The van der Waals surface area contributed by atoms with Gasteiger partial charge in [0.15, 0.2) is 21.1 Å². The number of benzene rings is 1. The Kier molecular flexibility index (Phi) is 6.92. The molecule has 29 heavy (non-hydrogen) atoms. The number of esters is 1. The van der Waals surface area contributed by atoms with Gasteiger partial charge in [0.1, 0.15) is 5.76 Å². The minimum absolute atomic E-state index is 0.0530. The zero-order valence-electron chi connectivity index (χ0n) is 15.5. The quantitative estimate of drug-likeness (QED) is 0.445. The number of carbonyl (C=O) groups is 2. The molecular formula is C20H20BrNO6S. The lowest BCUT2D eigenvalue weighted by Gasteiger charge is -2.28. The van der Waals surface area contributed by atoms with Gasteiger partial charge < -0.3 is 14.1 Å². The second kappa shape index (κ2) is 9.41. The minimum Gasteiger partial charge on any atom is -0.452 e. The summed E-state index contributed by atoms with van der Waals surface area (Å²) in [5.41, 5.74) is 0.875. The number of nitrogens with zero attached hydrogens (tertiary/aromatic N) is 1. The Labute approximate surface area is 177 Å². The van der Waals surface area contributed by atoms with Gasteiger partial charge in [0.05, 0.1) is 11.5 Å². The van der Waals surface area contributed by atoms with Crippen molar-refractivity contribution in [2.75, 3.05) is 18.1 Å². The molecular weight excluding hydrogens is 462 g/mol. The van der Waals surface area contributed by atoms with E-state index >= 15 is 0 Å². The van der Waals surface area contributed by atoms with Gasteiger partial charge in [-0.25, -0.2) is 13.2 Å². The van der Waals surface area contributed by atoms with Crippen LogP contribution < -0.4 is 0 Å². The Bertz CT molecular complexity index is 999. The van der Waals surface area contributed by atoms with Crippen LogP contribution in [0.2, 0.25) is 0 Å². The molecule has 1 unspecified atom stereocenters. The number of rotatable bonds is 7. The van der Waals surface area contributed by atoms with E-state index in [4.69, 9.17) is 9.15 Å².